The van der Waals surface area contributed by atoms with Crippen molar-refractivity contribution >= 4 is 0 Å². The fourth-order valence-corrected chi connectivity index (χ4v) is 4.43. The van der Waals surface area contributed by atoms with Crippen molar-refractivity contribution in [1.82, 2.24) is 4.90 Å². The summed E-state index contributed by atoms with van der Waals surface area (Å²) in [6.45, 7) is 7.14. The van der Waals surface area contributed by atoms with Gasteiger partial charge >= 0.3 is 0 Å². The van der Waals surface area contributed by atoms with Crippen molar-refractivity contribution in [1.29, 1.82) is 5.26 Å². The lowest BCUT2D eigenvalue weighted by atomic mass is 9.70. The number of hydrogen-bond acceptors (Lipinski definition) is 2. The van der Waals surface area contributed by atoms with Crippen molar-refractivity contribution in [2.75, 3.05) is 13.1 Å². The van der Waals surface area contributed by atoms with E-state index in [9.17, 15) is 5.26 Å². The van der Waals surface area contributed by atoms with Gasteiger partial charge in [0.1, 0.15) is 0 Å². The van der Waals surface area contributed by atoms with Gasteiger partial charge in [0, 0.05) is 6.04 Å². The zero-order valence-corrected chi connectivity index (χ0v) is 13.5. The first-order chi connectivity index (χ1) is 9.73. The minimum absolute atomic E-state index is 0.0196. The standard InChI is InChI=1S/C18H32N2/c1-3-5-16-8-13-20(14-9-16)17-6-11-18(15-19,10-4-2)12-7-17/h16-17H,3-14H2,1-2H3/t17-,18-. The Balaban J connectivity index is 1.79. The molecule has 0 bridgehead atoms. The molecule has 0 aromatic rings. The van der Waals surface area contributed by atoms with Crippen LogP contribution in [0.3, 0.4) is 0 Å². The largest absolute Gasteiger partial charge is 0.300 e. The Kier molecular flexibility index (Phi) is 5.90. The van der Waals surface area contributed by atoms with Crippen LogP contribution in [0, 0.1) is 22.7 Å². The van der Waals surface area contributed by atoms with Gasteiger partial charge < -0.3 is 4.90 Å². The smallest absolute Gasteiger partial charge is 0.0689 e. The first-order valence-corrected chi connectivity index (χ1v) is 8.88. The highest BCUT2D eigenvalue weighted by molar-refractivity contribution is 5.02. The fraction of sp³-hybridized carbons (Fsp3) is 0.944. The average Bonchev–Trinajstić information content (AvgIpc) is 2.50. The summed E-state index contributed by atoms with van der Waals surface area (Å²) in [4.78, 5) is 2.74. The lowest BCUT2D eigenvalue weighted by Crippen LogP contribution is -2.44. The van der Waals surface area contributed by atoms with E-state index in [4.69, 9.17) is 0 Å². The normalized spacial score (nSPS) is 33.0. The van der Waals surface area contributed by atoms with E-state index in [1.54, 1.807) is 0 Å². The molecular weight excluding hydrogens is 244 g/mol. The highest BCUT2D eigenvalue weighted by atomic mass is 15.2. The van der Waals surface area contributed by atoms with Crippen molar-refractivity contribution in [3.63, 3.8) is 0 Å². The maximum atomic E-state index is 9.50. The summed E-state index contributed by atoms with van der Waals surface area (Å²) in [5.41, 5.74) is 0.0196. The van der Waals surface area contributed by atoms with E-state index in [0.29, 0.717) is 0 Å². The SMILES string of the molecule is CCCC1CCN([C@H]2CC[C@@](C#N)(CCC)CC2)CC1. The van der Waals surface area contributed by atoms with Crippen molar-refractivity contribution in [3.8, 4) is 6.07 Å². The first kappa shape index (κ1) is 15.8. The molecule has 0 unspecified atom stereocenters. The van der Waals surface area contributed by atoms with Crippen LogP contribution >= 0.6 is 0 Å². The zero-order valence-electron chi connectivity index (χ0n) is 13.5. The molecule has 0 radical (unpaired) electrons. The lowest BCUT2D eigenvalue weighted by Gasteiger charge is -2.43. The summed E-state index contributed by atoms with van der Waals surface area (Å²) < 4.78 is 0. The number of likely N-dealkylation sites (tertiary alicyclic amines) is 1. The van der Waals surface area contributed by atoms with Gasteiger partial charge in [0.15, 0.2) is 0 Å². The Bertz CT molecular complexity index is 315. The molecule has 1 saturated carbocycles. The Hall–Kier alpha value is -0.550. The van der Waals surface area contributed by atoms with Crippen LogP contribution in [0.1, 0.15) is 78.1 Å². The Morgan fingerprint density at radius 1 is 1.05 bits per heavy atom. The van der Waals surface area contributed by atoms with Crippen molar-refractivity contribution in [2.45, 2.75) is 84.1 Å². The number of rotatable bonds is 5. The van der Waals surface area contributed by atoms with E-state index < -0.39 is 0 Å². The summed E-state index contributed by atoms with van der Waals surface area (Å²) in [5, 5.41) is 9.50. The maximum Gasteiger partial charge on any atom is 0.0689 e. The molecule has 2 rings (SSSR count). The molecule has 114 valence electrons. The third-order valence-corrected chi connectivity index (χ3v) is 5.74. The molecule has 2 heteroatoms. The van der Waals surface area contributed by atoms with Gasteiger partial charge in [-0.3, -0.25) is 0 Å². The average molecular weight is 276 g/mol. The molecule has 0 aromatic carbocycles. The van der Waals surface area contributed by atoms with Crippen LogP contribution in [-0.2, 0) is 0 Å². The van der Waals surface area contributed by atoms with Gasteiger partial charge in [-0.25, -0.2) is 0 Å². The van der Waals surface area contributed by atoms with Gasteiger partial charge in [0.05, 0.1) is 11.5 Å². The van der Waals surface area contributed by atoms with Gasteiger partial charge in [0.2, 0.25) is 0 Å². The minimum atomic E-state index is 0.0196. The zero-order chi connectivity index (χ0) is 14.4. The molecule has 2 aliphatic rings. The molecule has 2 fully saturated rings. The van der Waals surface area contributed by atoms with E-state index in [2.05, 4.69) is 24.8 Å². The van der Waals surface area contributed by atoms with Crippen LogP contribution in [0.2, 0.25) is 0 Å². The van der Waals surface area contributed by atoms with Gasteiger partial charge in [-0.1, -0.05) is 33.1 Å². The van der Waals surface area contributed by atoms with Crippen LogP contribution < -0.4 is 0 Å². The topological polar surface area (TPSA) is 27.0 Å². The molecule has 1 saturated heterocycles. The molecule has 2 nitrogen and oxygen atoms in total. The molecule has 1 aliphatic heterocycles. The quantitative estimate of drug-likeness (QED) is 0.724. The summed E-state index contributed by atoms with van der Waals surface area (Å²) in [6, 6.07) is 3.42. The first-order valence-electron chi connectivity index (χ1n) is 8.88. The lowest BCUT2D eigenvalue weighted by molar-refractivity contribution is 0.0764. The van der Waals surface area contributed by atoms with E-state index >= 15 is 0 Å². The fourth-order valence-electron chi connectivity index (χ4n) is 4.43. The summed E-state index contributed by atoms with van der Waals surface area (Å²) in [5.74, 6) is 0.984. The second-order valence-electron chi connectivity index (χ2n) is 7.14. The molecule has 0 spiro atoms. The van der Waals surface area contributed by atoms with Gasteiger partial charge in [-0.2, -0.15) is 5.26 Å². The predicted molar refractivity (Wildman–Crippen MR) is 84.4 cm³/mol. The predicted octanol–water partition coefficient (Wildman–Crippen LogP) is 4.75. The second kappa shape index (κ2) is 7.46. The van der Waals surface area contributed by atoms with E-state index in [1.165, 1.54) is 51.6 Å². The van der Waals surface area contributed by atoms with Crippen LogP contribution in [0.15, 0.2) is 0 Å². The monoisotopic (exact) mass is 276 g/mol. The summed E-state index contributed by atoms with van der Waals surface area (Å²) in [7, 11) is 0. The number of hydrogen-bond donors (Lipinski definition) is 0. The van der Waals surface area contributed by atoms with Gasteiger partial charge in [0.25, 0.3) is 0 Å². The van der Waals surface area contributed by atoms with Crippen LogP contribution in [0.25, 0.3) is 0 Å². The molecule has 1 heterocycles. The van der Waals surface area contributed by atoms with Gasteiger partial charge in [-0.05, 0) is 64.0 Å². The molecule has 0 N–H and O–H groups in total. The number of nitrogens with zero attached hydrogens (tertiary/aromatic N) is 2. The van der Waals surface area contributed by atoms with Crippen LogP contribution in [-0.4, -0.2) is 24.0 Å². The number of nitriles is 1. The highest BCUT2D eigenvalue weighted by Gasteiger charge is 2.37. The van der Waals surface area contributed by atoms with Gasteiger partial charge in [-0.15, -0.1) is 0 Å². The van der Waals surface area contributed by atoms with E-state index in [0.717, 1.165) is 37.6 Å². The van der Waals surface area contributed by atoms with Crippen LogP contribution in [0.5, 0.6) is 0 Å². The Morgan fingerprint density at radius 2 is 1.70 bits per heavy atom. The second-order valence-corrected chi connectivity index (χ2v) is 7.14. The Labute approximate surface area is 125 Å². The molecule has 0 amide bonds. The highest BCUT2D eigenvalue weighted by Crippen LogP contribution is 2.41. The van der Waals surface area contributed by atoms with Crippen molar-refractivity contribution in [2.24, 2.45) is 11.3 Å². The number of piperidine rings is 1. The third kappa shape index (κ3) is 3.76. The summed E-state index contributed by atoms with van der Waals surface area (Å²) >= 11 is 0. The third-order valence-electron chi connectivity index (χ3n) is 5.74. The summed E-state index contributed by atoms with van der Waals surface area (Å²) in [6.07, 6.45) is 12.6. The Morgan fingerprint density at radius 3 is 2.20 bits per heavy atom. The van der Waals surface area contributed by atoms with Crippen molar-refractivity contribution < 1.29 is 0 Å². The van der Waals surface area contributed by atoms with Crippen LogP contribution in [0.4, 0.5) is 0 Å². The molecule has 20 heavy (non-hydrogen) atoms. The van der Waals surface area contributed by atoms with E-state index in [-0.39, 0.29) is 5.41 Å². The molecule has 0 atom stereocenters. The van der Waals surface area contributed by atoms with E-state index in [1.807, 2.05) is 0 Å². The minimum Gasteiger partial charge on any atom is -0.300 e. The molecule has 0 aromatic heterocycles. The maximum absolute atomic E-state index is 9.50. The van der Waals surface area contributed by atoms with Crippen molar-refractivity contribution in [3.05, 3.63) is 0 Å². The molecular formula is C18H32N2. The molecule has 1 aliphatic carbocycles.